The SMILES string of the molecule is COCCCN1C=C(C(=O)N(C[C@H]2CNC[C@@H](C(=O)NCCC(C)C)C2)C2CC2)C2C=CC=CC21. The number of ether oxygens (including phenoxy) is 1. The molecule has 35 heavy (non-hydrogen) atoms. The van der Waals surface area contributed by atoms with E-state index in [1.807, 2.05) is 0 Å². The number of piperidine rings is 1. The number of rotatable bonds is 12. The highest BCUT2D eigenvalue weighted by atomic mass is 16.5. The van der Waals surface area contributed by atoms with E-state index in [9.17, 15) is 9.59 Å². The van der Waals surface area contributed by atoms with Crippen molar-refractivity contribution in [2.45, 2.75) is 58.0 Å². The van der Waals surface area contributed by atoms with E-state index >= 15 is 0 Å². The first-order valence-corrected chi connectivity index (χ1v) is 13.6. The van der Waals surface area contributed by atoms with E-state index < -0.39 is 0 Å². The normalized spacial score (nSPS) is 27.7. The smallest absolute Gasteiger partial charge is 0.252 e. The first kappa shape index (κ1) is 26.0. The second-order valence-electron chi connectivity index (χ2n) is 11.1. The van der Waals surface area contributed by atoms with E-state index in [1.54, 1.807) is 7.11 Å². The predicted molar refractivity (Wildman–Crippen MR) is 139 cm³/mol. The lowest BCUT2D eigenvalue weighted by Crippen LogP contribution is -2.48. The van der Waals surface area contributed by atoms with Crippen LogP contribution >= 0.6 is 0 Å². The molecule has 4 aliphatic rings. The molecule has 0 bridgehead atoms. The third kappa shape index (κ3) is 6.76. The molecule has 2 heterocycles. The topological polar surface area (TPSA) is 73.9 Å². The number of carbonyl (C=O) groups is 2. The number of hydrogen-bond donors (Lipinski definition) is 2. The Bertz CT molecular complexity index is 832. The summed E-state index contributed by atoms with van der Waals surface area (Å²) in [4.78, 5) is 31.1. The predicted octanol–water partition coefficient (Wildman–Crippen LogP) is 2.71. The molecular formula is C28H44N4O3. The van der Waals surface area contributed by atoms with Crippen molar-refractivity contribution in [3.63, 3.8) is 0 Å². The fourth-order valence-electron chi connectivity index (χ4n) is 5.58. The number of hydrogen-bond acceptors (Lipinski definition) is 5. The maximum Gasteiger partial charge on any atom is 0.252 e. The van der Waals surface area contributed by atoms with Crippen LogP contribution in [0.25, 0.3) is 0 Å². The first-order chi connectivity index (χ1) is 17.0. The molecule has 194 valence electrons. The van der Waals surface area contributed by atoms with Crippen molar-refractivity contribution in [2.75, 3.05) is 46.4 Å². The largest absolute Gasteiger partial charge is 0.385 e. The van der Waals surface area contributed by atoms with Gasteiger partial charge in [0.05, 0.1) is 12.0 Å². The summed E-state index contributed by atoms with van der Waals surface area (Å²) in [7, 11) is 1.73. The number of carbonyl (C=O) groups excluding carboxylic acids is 2. The fourth-order valence-corrected chi connectivity index (χ4v) is 5.58. The molecule has 0 aromatic carbocycles. The monoisotopic (exact) mass is 484 g/mol. The van der Waals surface area contributed by atoms with Crippen LogP contribution in [0.4, 0.5) is 0 Å². The first-order valence-electron chi connectivity index (χ1n) is 13.6. The van der Waals surface area contributed by atoms with E-state index in [0.29, 0.717) is 17.9 Å². The van der Waals surface area contributed by atoms with Crippen LogP contribution < -0.4 is 10.6 Å². The van der Waals surface area contributed by atoms with Crippen LogP contribution in [-0.4, -0.2) is 80.1 Å². The second kappa shape index (κ2) is 12.2. The van der Waals surface area contributed by atoms with Crippen molar-refractivity contribution < 1.29 is 14.3 Å². The summed E-state index contributed by atoms with van der Waals surface area (Å²) in [6.45, 7) is 9.01. The summed E-state index contributed by atoms with van der Waals surface area (Å²) in [5, 5.41) is 6.59. The Kier molecular flexibility index (Phi) is 9.06. The van der Waals surface area contributed by atoms with Gasteiger partial charge in [0.25, 0.3) is 5.91 Å². The van der Waals surface area contributed by atoms with Gasteiger partial charge in [-0.05, 0) is 50.5 Å². The molecule has 2 aliphatic carbocycles. The Hall–Kier alpha value is -2.12. The van der Waals surface area contributed by atoms with Crippen LogP contribution in [0.15, 0.2) is 36.1 Å². The molecule has 2 amide bonds. The summed E-state index contributed by atoms with van der Waals surface area (Å²) in [5.74, 6) is 1.31. The molecule has 2 aliphatic heterocycles. The molecule has 1 saturated carbocycles. The van der Waals surface area contributed by atoms with Gasteiger partial charge >= 0.3 is 0 Å². The maximum atomic E-state index is 13.9. The van der Waals surface area contributed by atoms with Gasteiger partial charge in [-0.15, -0.1) is 0 Å². The number of nitrogens with zero attached hydrogens (tertiary/aromatic N) is 2. The van der Waals surface area contributed by atoms with Crippen LogP contribution in [0, 0.1) is 23.7 Å². The van der Waals surface area contributed by atoms with Gasteiger partial charge in [-0.3, -0.25) is 9.59 Å². The Morgan fingerprint density at radius 1 is 1.23 bits per heavy atom. The van der Waals surface area contributed by atoms with Crippen LogP contribution in [0.2, 0.25) is 0 Å². The summed E-state index contributed by atoms with van der Waals surface area (Å²) in [5.41, 5.74) is 0.909. The van der Waals surface area contributed by atoms with Crippen molar-refractivity contribution in [3.05, 3.63) is 36.1 Å². The van der Waals surface area contributed by atoms with Gasteiger partial charge in [0.15, 0.2) is 0 Å². The molecular weight excluding hydrogens is 440 g/mol. The Morgan fingerprint density at radius 2 is 2.03 bits per heavy atom. The minimum absolute atomic E-state index is 0.0187. The minimum Gasteiger partial charge on any atom is -0.385 e. The zero-order valence-electron chi connectivity index (χ0n) is 21.7. The number of nitrogens with one attached hydrogen (secondary N) is 2. The average molecular weight is 485 g/mol. The standard InChI is InChI=1S/C28H44N4O3/c1-20(2)11-12-30-27(33)22-15-21(16-29-17-22)18-32(23-9-10-23)28(34)25-19-31(13-6-14-35-3)26-8-5-4-7-24(25)26/h4-5,7-8,19-24,26,29H,6,9-18H2,1-3H3,(H,30,33)/t21-,22+,24?,26?/m1/s1. The van der Waals surface area contributed by atoms with Crippen molar-refractivity contribution >= 4 is 11.8 Å². The van der Waals surface area contributed by atoms with Gasteiger partial charge in [0, 0.05) is 63.6 Å². The van der Waals surface area contributed by atoms with Gasteiger partial charge in [-0.25, -0.2) is 0 Å². The molecule has 7 nitrogen and oxygen atoms in total. The quantitative estimate of drug-likeness (QED) is 0.417. The summed E-state index contributed by atoms with van der Waals surface area (Å²) < 4.78 is 5.24. The number of allylic oxidation sites excluding steroid dienone is 2. The lowest BCUT2D eigenvalue weighted by molar-refractivity contribution is -0.129. The molecule has 0 spiro atoms. The third-order valence-electron chi connectivity index (χ3n) is 7.70. The van der Waals surface area contributed by atoms with Crippen molar-refractivity contribution in [3.8, 4) is 0 Å². The van der Waals surface area contributed by atoms with Gasteiger partial charge in [-0.1, -0.05) is 38.2 Å². The van der Waals surface area contributed by atoms with Gasteiger partial charge in [0.1, 0.15) is 0 Å². The molecule has 0 aromatic rings. The summed E-state index contributed by atoms with van der Waals surface area (Å²) in [6, 6.07) is 0.555. The van der Waals surface area contributed by atoms with Crippen LogP contribution in [0.3, 0.4) is 0 Å². The summed E-state index contributed by atoms with van der Waals surface area (Å²) in [6.07, 6.45) is 15.6. The van der Waals surface area contributed by atoms with E-state index in [1.165, 1.54) is 0 Å². The lowest BCUT2D eigenvalue weighted by atomic mass is 9.88. The van der Waals surface area contributed by atoms with Crippen LogP contribution in [0.1, 0.15) is 46.0 Å². The Balaban J connectivity index is 1.39. The third-order valence-corrected chi connectivity index (χ3v) is 7.70. The van der Waals surface area contributed by atoms with E-state index in [0.717, 1.165) is 77.0 Å². The van der Waals surface area contributed by atoms with Crippen LogP contribution in [-0.2, 0) is 14.3 Å². The zero-order chi connectivity index (χ0) is 24.8. The lowest BCUT2D eigenvalue weighted by Gasteiger charge is -2.34. The Morgan fingerprint density at radius 3 is 2.77 bits per heavy atom. The van der Waals surface area contributed by atoms with Gasteiger partial charge in [0.2, 0.25) is 5.91 Å². The molecule has 1 saturated heterocycles. The number of methoxy groups -OCH3 is 1. The highest BCUT2D eigenvalue weighted by Gasteiger charge is 2.42. The van der Waals surface area contributed by atoms with Crippen molar-refractivity contribution in [1.82, 2.24) is 20.4 Å². The molecule has 7 heteroatoms. The molecule has 4 rings (SSSR count). The molecule has 0 aromatic heterocycles. The van der Waals surface area contributed by atoms with E-state index in [2.05, 4.69) is 64.8 Å². The van der Waals surface area contributed by atoms with E-state index in [4.69, 9.17) is 4.74 Å². The molecule has 2 fully saturated rings. The number of amides is 2. The van der Waals surface area contributed by atoms with Gasteiger partial charge < -0.3 is 25.2 Å². The second-order valence-corrected chi connectivity index (χ2v) is 11.1. The molecule has 0 radical (unpaired) electrons. The molecule has 2 unspecified atom stereocenters. The van der Waals surface area contributed by atoms with Gasteiger partial charge in [-0.2, -0.15) is 0 Å². The van der Waals surface area contributed by atoms with E-state index in [-0.39, 0.29) is 29.7 Å². The fraction of sp³-hybridized carbons (Fsp3) is 0.714. The highest BCUT2D eigenvalue weighted by molar-refractivity contribution is 5.95. The Labute approximate surface area is 211 Å². The maximum absolute atomic E-state index is 13.9. The highest BCUT2D eigenvalue weighted by Crippen LogP contribution is 2.37. The summed E-state index contributed by atoms with van der Waals surface area (Å²) >= 11 is 0. The van der Waals surface area contributed by atoms with Crippen LogP contribution in [0.5, 0.6) is 0 Å². The molecule has 4 atom stereocenters. The number of fused-ring (bicyclic) bond motifs is 1. The van der Waals surface area contributed by atoms with Crippen molar-refractivity contribution in [2.24, 2.45) is 23.7 Å². The van der Waals surface area contributed by atoms with Crippen molar-refractivity contribution in [1.29, 1.82) is 0 Å². The molecule has 2 N–H and O–H groups in total. The zero-order valence-corrected chi connectivity index (χ0v) is 21.7. The minimum atomic E-state index is -0.0187. The average Bonchev–Trinajstić information content (AvgIpc) is 3.63.